The molecule has 0 aliphatic carbocycles. The van der Waals surface area contributed by atoms with E-state index >= 15 is 0 Å². The van der Waals surface area contributed by atoms with E-state index in [9.17, 15) is 38.1 Å². The fourth-order valence-electron chi connectivity index (χ4n) is 3.53. The van der Waals surface area contributed by atoms with Crippen LogP contribution in [-0.2, 0) is 10.3 Å². The molecule has 2 atom stereocenters. The number of carbonyl (C=O) groups is 2. The lowest BCUT2D eigenvalue weighted by Gasteiger charge is -2.48. The van der Waals surface area contributed by atoms with Gasteiger partial charge in [-0.15, -0.1) is 0 Å². The van der Waals surface area contributed by atoms with Crippen LogP contribution >= 0.6 is 23.2 Å². The van der Waals surface area contributed by atoms with Gasteiger partial charge in [0.25, 0.3) is 0 Å². The van der Waals surface area contributed by atoms with Crippen LogP contribution in [0, 0.1) is 5.41 Å². The van der Waals surface area contributed by atoms with Crippen LogP contribution in [-0.4, -0.2) is 76.1 Å². The van der Waals surface area contributed by atoms with Crippen LogP contribution in [0.3, 0.4) is 0 Å². The smallest absolute Gasteiger partial charge is 0.408 e. The van der Waals surface area contributed by atoms with Crippen molar-refractivity contribution < 1.29 is 38.1 Å². The summed E-state index contributed by atoms with van der Waals surface area (Å²) in [6.07, 6.45) is -9.81. The molecule has 0 bridgehead atoms. The first kappa shape index (κ1) is 29.3. The van der Waals surface area contributed by atoms with Gasteiger partial charge in [0.05, 0.1) is 28.3 Å². The van der Waals surface area contributed by atoms with Gasteiger partial charge in [-0.1, -0.05) is 50.0 Å². The molecule has 0 heterocycles. The van der Waals surface area contributed by atoms with E-state index in [1.165, 1.54) is 18.2 Å². The number of amides is 2. The first-order valence-electron chi connectivity index (χ1n) is 9.97. The molecule has 188 valence electrons. The Morgan fingerprint density at radius 3 is 2.09 bits per heavy atom. The number of likely N-dealkylation sites (N-methyl/N-ethyl adjacent to an activating group) is 1. The van der Waals surface area contributed by atoms with Crippen LogP contribution in [0.25, 0.3) is 0 Å². The van der Waals surface area contributed by atoms with E-state index in [1.54, 1.807) is 20.8 Å². The third-order valence-electron chi connectivity index (χ3n) is 4.90. The molecule has 0 aliphatic heterocycles. The Morgan fingerprint density at radius 1 is 1.09 bits per heavy atom. The summed E-state index contributed by atoms with van der Waals surface area (Å²) in [5, 5.41) is 30.1. The number of alkyl halides is 3. The van der Waals surface area contributed by atoms with Crippen molar-refractivity contribution in [3.63, 3.8) is 0 Å². The standard InChI is InChI=1S/C21H29Cl2F3N2O5/c1-19(2,3)11-28(18(32)33)20(8-14(30)10-29,13-5-6-15(22)16(23)7-13)12-27(4)17(31)9-21(24,25)26/h5-7,14,29-30H,8-12H2,1-4H3,(H,32,33). The van der Waals surface area contributed by atoms with Gasteiger partial charge in [-0.3, -0.25) is 9.69 Å². The van der Waals surface area contributed by atoms with Crippen LogP contribution in [0.5, 0.6) is 0 Å². The summed E-state index contributed by atoms with van der Waals surface area (Å²) in [6.45, 7) is 3.87. The van der Waals surface area contributed by atoms with Gasteiger partial charge in [0.15, 0.2) is 0 Å². The second-order valence-corrected chi connectivity index (χ2v) is 9.99. The minimum absolute atomic E-state index is 0.0439. The SMILES string of the molecule is CN(CC(CC(O)CO)(c1ccc(Cl)c(Cl)c1)N(CC(C)(C)C)C(=O)O)C(=O)CC(F)(F)F. The maximum Gasteiger partial charge on any atom is 0.408 e. The van der Waals surface area contributed by atoms with E-state index in [0.717, 1.165) is 16.8 Å². The van der Waals surface area contributed by atoms with Gasteiger partial charge < -0.3 is 20.2 Å². The van der Waals surface area contributed by atoms with Crippen molar-refractivity contribution in [3.05, 3.63) is 33.8 Å². The number of aliphatic hydroxyl groups excluding tert-OH is 2. The topological polar surface area (TPSA) is 101 Å². The molecule has 7 nitrogen and oxygen atoms in total. The monoisotopic (exact) mass is 516 g/mol. The summed E-state index contributed by atoms with van der Waals surface area (Å²) >= 11 is 12.2. The number of aliphatic hydroxyl groups is 2. The highest BCUT2D eigenvalue weighted by Crippen LogP contribution is 2.39. The van der Waals surface area contributed by atoms with Crippen molar-refractivity contribution in [1.29, 1.82) is 0 Å². The Kier molecular flexibility index (Phi) is 9.86. The van der Waals surface area contributed by atoms with Gasteiger partial charge in [0.2, 0.25) is 5.91 Å². The lowest BCUT2D eigenvalue weighted by Crippen LogP contribution is -2.59. The van der Waals surface area contributed by atoms with E-state index in [2.05, 4.69) is 0 Å². The lowest BCUT2D eigenvalue weighted by atomic mass is 9.80. The fraction of sp³-hybridized carbons (Fsp3) is 0.619. The zero-order chi connectivity index (χ0) is 25.8. The minimum atomic E-state index is -4.76. The second-order valence-electron chi connectivity index (χ2n) is 9.17. The van der Waals surface area contributed by atoms with Gasteiger partial charge in [-0.2, -0.15) is 13.2 Å². The van der Waals surface area contributed by atoms with Crippen LogP contribution in [0.4, 0.5) is 18.0 Å². The molecule has 2 amide bonds. The zero-order valence-corrected chi connectivity index (χ0v) is 20.3. The van der Waals surface area contributed by atoms with Gasteiger partial charge >= 0.3 is 12.3 Å². The Morgan fingerprint density at radius 2 is 1.67 bits per heavy atom. The third kappa shape index (κ3) is 8.51. The minimum Gasteiger partial charge on any atom is -0.465 e. The van der Waals surface area contributed by atoms with E-state index in [-0.39, 0.29) is 22.2 Å². The molecule has 0 aliphatic rings. The second kappa shape index (κ2) is 11.1. The molecule has 0 radical (unpaired) electrons. The van der Waals surface area contributed by atoms with Gasteiger partial charge in [0.1, 0.15) is 6.42 Å². The van der Waals surface area contributed by atoms with Crippen molar-refractivity contribution in [3.8, 4) is 0 Å². The molecule has 1 aromatic rings. The van der Waals surface area contributed by atoms with Crippen molar-refractivity contribution in [2.45, 2.75) is 51.4 Å². The highest BCUT2D eigenvalue weighted by molar-refractivity contribution is 6.42. The molecular weight excluding hydrogens is 488 g/mol. The number of rotatable bonds is 9. The van der Waals surface area contributed by atoms with Crippen molar-refractivity contribution in [1.82, 2.24) is 9.80 Å². The predicted octanol–water partition coefficient (Wildman–Crippen LogP) is 4.37. The average Bonchev–Trinajstić information content (AvgIpc) is 2.65. The number of carboxylic acid groups (broad SMARTS) is 1. The van der Waals surface area contributed by atoms with E-state index in [0.29, 0.717) is 0 Å². The fourth-order valence-corrected chi connectivity index (χ4v) is 3.83. The highest BCUT2D eigenvalue weighted by Gasteiger charge is 2.47. The van der Waals surface area contributed by atoms with Gasteiger partial charge in [-0.05, 0) is 23.1 Å². The van der Waals surface area contributed by atoms with E-state index in [4.69, 9.17) is 23.2 Å². The molecule has 12 heteroatoms. The summed E-state index contributed by atoms with van der Waals surface area (Å²) in [7, 11) is 1.11. The predicted molar refractivity (Wildman–Crippen MR) is 118 cm³/mol. The maximum atomic E-state index is 12.8. The van der Waals surface area contributed by atoms with E-state index in [1.807, 2.05) is 0 Å². The molecule has 0 saturated heterocycles. The Hall–Kier alpha value is -1.75. The molecular formula is C21H29Cl2F3N2O5. The Labute approximate surface area is 200 Å². The maximum absolute atomic E-state index is 12.8. The number of halogens is 5. The molecule has 2 unspecified atom stereocenters. The first-order valence-corrected chi connectivity index (χ1v) is 10.7. The summed E-state index contributed by atoms with van der Waals surface area (Å²) in [6, 6.07) is 4.15. The Bertz CT molecular complexity index is 848. The van der Waals surface area contributed by atoms with Crippen molar-refractivity contribution >= 4 is 35.2 Å². The molecule has 0 aromatic heterocycles. The third-order valence-corrected chi connectivity index (χ3v) is 5.64. The molecule has 1 rings (SSSR count). The number of nitrogens with zero attached hydrogens (tertiary/aromatic N) is 2. The summed E-state index contributed by atoms with van der Waals surface area (Å²) < 4.78 is 38.5. The van der Waals surface area contributed by atoms with Crippen LogP contribution in [0.2, 0.25) is 10.0 Å². The molecule has 3 N–H and O–H groups in total. The Balaban J connectivity index is 3.77. The van der Waals surface area contributed by atoms with Crippen LogP contribution in [0.1, 0.15) is 39.2 Å². The number of benzene rings is 1. The number of hydrogen-bond donors (Lipinski definition) is 3. The molecule has 0 fully saturated rings. The quantitative estimate of drug-likeness (QED) is 0.452. The summed E-state index contributed by atoms with van der Waals surface area (Å²) in [5.74, 6) is -1.29. The molecule has 0 spiro atoms. The lowest BCUT2D eigenvalue weighted by molar-refractivity contribution is -0.162. The van der Waals surface area contributed by atoms with Crippen LogP contribution < -0.4 is 0 Å². The average molecular weight is 517 g/mol. The van der Waals surface area contributed by atoms with Crippen LogP contribution in [0.15, 0.2) is 18.2 Å². The zero-order valence-electron chi connectivity index (χ0n) is 18.8. The van der Waals surface area contributed by atoms with Gasteiger partial charge in [0, 0.05) is 26.6 Å². The number of hydrogen-bond acceptors (Lipinski definition) is 4. The molecule has 0 saturated carbocycles. The largest absolute Gasteiger partial charge is 0.465 e. The normalized spacial score (nSPS) is 15.0. The van der Waals surface area contributed by atoms with Crippen molar-refractivity contribution in [2.24, 2.45) is 5.41 Å². The summed E-state index contributed by atoms with van der Waals surface area (Å²) in [4.78, 5) is 26.5. The highest BCUT2D eigenvalue weighted by atomic mass is 35.5. The van der Waals surface area contributed by atoms with E-state index < -0.39 is 61.2 Å². The molecule has 33 heavy (non-hydrogen) atoms. The number of carbonyl (C=O) groups excluding carboxylic acids is 1. The summed E-state index contributed by atoms with van der Waals surface area (Å²) in [5.41, 5.74) is -2.17. The van der Waals surface area contributed by atoms with Crippen molar-refractivity contribution in [2.75, 3.05) is 26.7 Å². The van der Waals surface area contributed by atoms with Gasteiger partial charge in [-0.25, -0.2) is 4.79 Å². The molecule has 1 aromatic carbocycles. The first-order chi connectivity index (χ1) is 14.9.